The Kier molecular flexibility index (Phi) is 9.65. The molecule has 0 aliphatic carbocycles. The second-order valence-electron chi connectivity index (χ2n) is 5.41. The maximum absolute atomic E-state index is 5.79. The number of rotatable bonds is 11. The number of aryl methyl sites for hydroxylation is 2. The van der Waals surface area contributed by atoms with E-state index in [-0.39, 0.29) is 0 Å². The van der Waals surface area contributed by atoms with Crippen molar-refractivity contribution in [3.8, 4) is 5.75 Å². The molecule has 0 atom stereocenters. The van der Waals surface area contributed by atoms with Gasteiger partial charge >= 0.3 is 0 Å². The van der Waals surface area contributed by atoms with Crippen LogP contribution in [-0.2, 0) is 12.8 Å². The molecule has 0 aromatic heterocycles. The third-order valence-electron chi connectivity index (χ3n) is 3.58. The number of benzene rings is 1. The van der Waals surface area contributed by atoms with E-state index in [0.29, 0.717) is 12.4 Å². The normalized spacial score (nSPS) is 10.8. The van der Waals surface area contributed by atoms with E-state index in [1.54, 1.807) is 0 Å². The van der Waals surface area contributed by atoms with E-state index in [9.17, 15) is 0 Å². The molecule has 0 spiro atoms. The molecule has 0 bridgehead atoms. The summed E-state index contributed by atoms with van der Waals surface area (Å²) in [5, 5.41) is 0. The molecular formula is C18H29OS. The van der Waals surface area contributed by atoms with Gasteiger partial charge in [-0.05, 0) is 42.9 Å². The minimum Gasteiger partial charge on any atom is -0.492 e. The van der Waals surface area contributed by atoms with Crippen molar-refractivity contribution in [1.82, 2.24) is 0 Å². The highest BCUT2D eigenvalue weighted by Crippen LogP contribution is 2.23. The van der Waals surface area contributed by atoms with Crippen LogP contribution in [0.4, 0.5) is 0 Å². The molecule has 0 aliphatic heterocycles. The zero-order valence-corrected chi connectivity index (χ0v) is 13.9. The Balaban J connectivity index is 2.67. The van der Waals surface area contributed by atoms with Gasteiger partial charge in [0.05, 0.1) is 6.61 Å². The Morgan fingerprint density at radius 1 is 0.950 bits per heavy atom. The standard InChI is InChI=1S/C18H29OS/c1-3-5-7-9-16-11-12-18(19-13-14-20)17(15-16)10-8-6-4-2/h11-12,15H,3-10,13-14H2,1-2H3. The van der Waals surface area contributed by atoms with Gasteiger partial charge in [0, 0.05) is 5.75 Å². The maximum atomic E-state index is 5.79. The second kappa shape index (κ2) is 11.1. The van der Waals surface area contributed by atoms with Gasteiger partial charge in [0.15, 0.2) is 0 Å². The average molecular weight is 293 g/mol. The van der Waals surface area contributed by atoms with E-state index in [4.69, 9.17) is 17.4 Å². The Morgan fingerprint density at radius 2 is 1.65 bits per heavy atom. The molecule has 1 radical (unpaired) electrons. The average Bonchev–Trinajstić information content (AvgIpc) is 2.47. The van der Waals surface area contributed by atoms with Crippen molar-refractivity contribution in [3.63, 3.8) is 0 Å². The Morgan fingerprint density at radius 3 is 2.30 bits per heavy atom. The smallest absolute Gasteiger partial charge is 0.122 e. The van der Waals surface area contributed by atoms with Crippen LogP contribution in [0.15, 0.2) is 18.2 Å². The first-order valence-electron chi connectivity index (χ1n) is 8.14. The molecule has 0 N–H and O–H groups in total. The van der Waals surface area contributed by atoms with Crippen LogP contribution in [0.5, 0.6) is 5.75 Å². The second-order valence-corrected chi connectivity index (χ2v) is 5.82. The summed E-state index contributed by atoms with van der Waals surface area (Å²) < 4.78 is 5.79. The van der Waals surface area contributed by atoms with Crippen molar-refractivity contribution in [2.24, 2.45) is 0 Å². The van der Waals surface area contributed by atoms with Crippen LogP contribution in [-0.4, -0.2) is 12.4 Å². The van der Waals surface area contributed by atoms with E-state index >= 15 is 0 Å². The van der Waals surface area contributed by atoms with Crippen LogP contribution in [0, 0.1) is 0 Å². The first-order valence-corrected chi connectivity index (χ1v) is 8.72. The monoisotopic (exact) mass is 293 g/mol. The summed E-state index contributed by atoms with van der Waals surface area (Å²) in [5.41, 5.74) is 2.83. The van der Waals surface area contributed by atoms with Crippen LogP contribution in [0.3, 0.4) is 0 Å². The zero-order chi connectivity index (χ0) is 14.6. The summed E-state index contributed by atoms with van der Waals surface area (Å²) in [6.45, 7) is 5.14. The number of hydrogen-bond donors (Lipinski definition) is 0. The lowest BCUT2D eigenvalue weighted by Crippen LogP contribution is -2.02. The van der Waals surface area contributed by atoms with Gasteiger partial charge in [-0.25, -0.2) is 0 Å². The van der Waals surface area contributed by atoms with Crippen LogP contribution in [0.25, 0.3) is 0 Å². The fourth-order valence-corrected chi connectivity index (χ4v) is 2.50. The molecule has 0 fully saturated rings. The van der Waals surface area contributed by atoms with Gasteiger partial charge in [-0.3, -0.25) is 0 Å². The van der Waals surface area contributed by atoms with Crippen molar-refractivity contribution >= 4 is 12.6 Å². The summed E-state index contributed by atoms with van der Waals surface area (Å²) >= 11 is 4.97. The van der Waals surface area contributed by atoms with E-state index in [2.05, 4.69) is 32.0 Å². The molecule has 2 heteroatoms. The minimum absolute atomic E-state index is 0.644. The van der Waals surface area contributed by atoms with E-state index in [1.165, 1.54) is 56.1 Å². The van der Waals surface area contributed by atoms with Gasteiger partial charge in [-0.2, -0.15) is 0 Å². The van der Waals surface area contributed by atoms with Crippen molar-refractivity contribution in [3.05, 3.63) is 29.3 Å². The van der Waals surface area contributed by atoms with Gasteiger partial charge in [0.1, 0.15) is 5.75 Å². The number of ether oxygens (including phenoxy) is 1. The van der Waals surface area contributed by atoms with Crippen LogP contribution in [0.2, 0.25) is 0 Å². The molecule has 0 amide bonds. The van der Waals surface area contributed by atoms with Crippen LogP contribution < -0.4 is 4.74 Å². The highest BCUT2D eigenvalue weighted by molar-refractivity contribution is 7.80. The third-order valence-corrected chi connectivity index (χ3v) is 3.75. The number of unbranched alkanes of at least 4 members (excludes halogenated alkanes) is 4. The fourth-order valence-electron chi connectivity index (χ4n) is 2.42. The molecule has 0 unspecified atom stereocenters. The van der Waals surface area contributed by atoms with Gasteiger partial charge < -0.3 is 4.74 Å². The van der Waals surface area contributed by atoms with Gasteiger partial charge in [0.25, 0.3) is 0 Å². The van der Waals surface area contributed by atoms with Crippen molar-refractivity contribution in [2.45, 2.75) is 65.2 Å². The minimum atomic E-state index is 0.644. The van der Waals surface area contributed by atoms with Gasteiger partial charge in [-0.1, -0.05) is 64.3 Å². The Bertz CT molecular complexity index is 362. The summed E-state index contributed by atoms with van der Waals surface area (Å²) in [6.07, 6.45) is 10.0. The fraction of sp³-hybridized carbons (Fsp3) is 0.667. The molecule has 1 aromatic carbocycles. The summed E-state index contributed by atoms with van der Waals surface area (Å²) in [4.78, 5) is 0. The molecular weight excluding hydrogens is 264 g/mol. The molecule has 0 aliphatic rings. The lowest BCUT2D eigenvalue weighted by molar-refractivity contribution is 0.340. The number of hydrogen-bond acceptors (Lipinski definition) is 1. The van der Waals surface area contributed by atoms with E-state index < -0.39 is 0 Å². The van der Waals surface area contributed by atoms with Crippen molar-refractivity contribution in [1.29, 1.82) is 0 Å². The molecule has 0 saturated carbocycles. The molecule has 0 heterocycles. The Hall–Kier alpha value is -0.630. The highest BCUT2D eigenvalue weighted by atomic mass is 32.1. The van der Waals surface area contributed by atoms with Gasteiger partial charge in [-0.15, -0.1) is 0 Å². The summed E-state index contributed by atoms with van der Waals surface area (Å²) in [7, 11) is 0. The summed E-state index contributed by atoms with van der Waals surface area (Å²) in [6, 6.07) is 6.72. The highest BCUT2D eigenvalue weighted by Gasteiger charge is 2.05. The Labute approximate surface area is 130 Å². The lowest BCUT2D eigenvalue weighted by atomic mass is 10.0. The predicted molar refractivity (Wildman–Crippen MR) is 90.9 cm³/mol. The summed E-state index contributed by atoms with van der Waals surface area (Å²) in [5.74, 6) is 1.71. The maximum Gasteiger partial charge on any atom is 0.122 e. The molecule has 1 rings (SSSR count). The molecule has 0 saturated heterocycles. The molecule has 20 heavy (non-hydrogen) atoms. The SMILES string of the molecule is CCCCCc1ccc(OCC[S])c(CCCCC)c1. The van der Waals surface area contributed by atoms with Gasteiger partial charge in [0.2, 0.25) is 0 Å². The van der Waals surface area contributed by atoms with Crippen molar-refractivity contribution in [2.75, 3.05) is 12.4 Å². The zero-order valence-electron chi connectivity index (χ0n) is 13.1. The quantitative estimate of drug-likeness (QED) is 0.473. The molecule has 113 valence electrons. The van der Waals surface area contributed by atoms with E-state index in [1.807, 2.05) is 0 Å². The third kappa shape index (κ3) is 6.69. The largest absolute Gasteiger partial charge is 0.492 e. The first kappa shape index (κ1) is 17.4. The predicted octanol–water partition coefficient (Wildman–Crippen LogP) is 5.73. The van der Waals surface area contributed by atoms with Crippen molar-refractivity contribution < 1.29 is 4.74 Å². The van der Waals surface area contributed by atoms with Crippen LogP contribution in [0.1, 0.15) is 63.5 Å². The van der Waals surface area contributed by atoms with Crippen LogP contribution >= 0.6 is 12.6 Å². The molecule has 1 aromatic rings. The first-order chi connectivity index (χ1) is 9.81. The van der Waals surface area contributed by atoms with E-state index in [0.717, 1.165) is 12.2 Å². The molecule has 1 nitrogen and oxygen atoms in total. The lowest BCUT2D eigenvalue weighted by Gasteiger charge is -2.13. The topological polar surface area (TPSA) is 9.23 Å².